The first-order valence-electron chi connectivity index (χ1n) is 4.69. The van der Waals surface area contributed by atoms with Crippen LogP contribution in [0.5, 0.6) is 0 Å². The molecule has 0 radical (unpaired) electrons. The number of hydrogen-bond donors (Lipinski definition) is 0. The maximum Gasteiger partial charge on any atom is 0.330 e. The summed E-state index contributed by atoms with van der Waals surface area (Å²) in [6.07, 6.45) is 1.69. The predicted molar refractivity (Wildman–Crippen MR) is 60.9 cm³/mol. The van der Waals surface area contributed by atoms with Crippen LogP contribution in [-0.2, 0) is 16.0 Å². The van der Waals surface area contributed by atoms with Crippen molar-refractivity contribution in [2.24, 2.45) is 0 Å². The summed E-state index contributed by atoms with van der Waals surface area (Å²) in [4.78, 5) is 10.9. The smallest absolute Gasteiger partial charge is 0.330 e. The zero-order chi connectivity index (χ0) is 11.3. The summed E-state index contributed by atoms with van der Waals surface area (Å²) in [5.74, 6) is -0.392. The average Bonchev–Trinajstić information content (AvgIpc) is 2.21. The fraction of sp³-hybridized carbons (Fsp3) is 0.250. The van der Waals surface area contributed by atoms with Gasteiger partial charge < -0.3 is 4.74 Å². The molecule has 1 atom stereocenters. The van der Waals surface area contributed by atoms with E-state index in [2.05, 4.69) is 6.58 Å². The lowest BCUT2D eigenvalue weighted by Gasteiger charge is -2.11. The molecule has 0 aliphatic heterocycles. The van der Waals surface area contributed by atoms with Crippen molar-refractivity contribution in [3.63, 3.8) is 0 Å². The van der Waals surface area contributed by atoms with Crippen LogP contribution < -0.4 is 0 Å². The van der Waals surface area contributed by atoms with Crippen molar-refractivity contribution in [3.05, 3.63) is 47.5 Å². The fourth-order valence-electron chi connectivity index (χ4n) is 1.24. The largest absolute Gasteiger partial charge is 0.459 e. The molecule has 0 fully saturated rings. The molecule has 3 heteroatoms. The van der Waals surface area contributed by atoms with E-state index in [9.17, 15) is 4.79 Å². The summed E-state index contributed by atoms with van der Waals surface area (Å²) in [7, 11) is 0. The summed E-state index contributed by atoms with van der Waals surface area (Å²) < 4.78 is 5.04. The lowest BCUT2D eigenvalue weighted by atomic mass is 10.1. The number of ether oxygens (including phenoxy) is 1. The van der Waals surface area contributed by atoms with Crippen LogP contribution in [0.3, 0.4) is 0 Å². The Morgan fingerprint density at radius 2 is 2.13 bits per heavy atom. The van der Waals surface area contributed by atoms with E-state index in [4.69, 9.17) is 16.3 Å². The van der Waals surface area contributed by atoms with Crippen molar-refractivity contribution >= 4 is 17.6 Å². The van der Waals surface area contributed by atoms with Crippen LogP contribution in [0.1, 0.15) is 12.5 Å². The van der Waals surface area contributed by atoms with E-state index in [1.807, 2.05) is 31.2 Å². The van der Waals surface area contributed by atoms with Crippen molar-refractivity contribution in [2.45, 2.75) is 19.4 Å². The highest BCUT2D eigenvalue weighted by molar-refractivity contribution is 6.30. The standard InChI is InChI=1S/C12H13ClO2/c1-3-12(14)15-9(2)8-10-4-6-11(13)7-5-10/h3-7,9H,1,8H2,2H3. The third-order valence-corrected chi connectivity index (χ3v) is 2.17. The van der Waals surface area contributed by atoms with Crippen LogP contribution in [0.4, 0.5) is 0 Å². The topological polar surface area (TPSA) is 26.3 Å². The summed E-state index contributed by atoms with van der Waals surface area (Å²) in [6.45, 7) is 5.18. The van der Waals surface area contributed by atoms with Gasteiger partial charge in [-0.2, -0.15) is 0 Å². The minimum atomic E-state index is -0.392. The highest BCUT2D eigenvalue weighted by atomic mass is 35.5. The van der Waals surface area contributed by atoms with E-state index in [1.54, 1.807) is 0 Å². The second-order valence-electron chi connectivity index (χ2n) is 3.28. The van der Waals surface area contributed by atoms with Gasteiger partial charge in [0.1, 0.15) is 6.10 Å². The van der Waals surface area contributed by atoms with E-state index in [-0.39, 0.29) is 6.10 Å². The Kier molecular flexibility index (Phi) is 4.37. The van der Waals surface area contributed by atoms with Gasteiger partial charge in [0.05, 0.1) is 0 Å². The molecule has 0 aromatic heterocycles. The van der Waals surface area contributed by atoms with Crippen molar-refractivity contribution < 1.29 is 9.53 Å². The van der Waals surface area contributed by atoms with Gasteiger partial charge in [0.2, 0.25) is 0 Å². The number of hydrogen-bond acceptors (Lipinski definition) is 2. The zero-order valence-electron chi connectivity index (χ0n) is 8.57. The molecule has 0 N–H and O–H groups in total. The van der Waals surface area contributed by atoms with Gasteiger partial charge in [-0.05, 0) is 24.6 Å². The van der Waals surface area contributed by atoms with Crippen LogP contribution in [0.25, 0.3) is 0 Å². The first-order valence-corrected chi connectivity index (χ1v) is 5.07. The van der Waals surface area contributed by atoms with Crippen molar-refractivity contribution in [1.82, 2.24) is 0 Å². The lowest BCUT2D eigenvalue weighted by Crippen LogP contribution is -2.15. The lowest BCUT2D eigenvalue weighted by molar-refractivity contribution is -0.142. The Labute approximate surface area is 94.5 Å². The van der Waals surface area contributed by atoms with Gasteiger partial charge in [0.25, 0.3) is 0 Å². The quantitative estimate of drug-likeness (QED) is 0.581. The molecule has 1 aromatic carbocycles. The molecule has 0 saturated heterocycles. The minimum Gasteiger partial charge on any atom is -0.459 e. The third-order valence-electron chi connectivity index (χ3n) is 1.92. The molecule has 1 rings (SSSR count). The van der Waals surface area contributed by atoms with E-state index < -0.39 is 5.97 Å². The highest BCUT2D eigenvalue weighted by Crippen LogP contribution is 2.12. The molecular formula is C12H13ClO2. The Morgan fingerprint density at radius 3 is 2.67 bits per heavy atom. The Balaban J connectivity index is 2.51. The molecule has 0 heterocycles. The van der Waals surface area contributed by atoms with Gasteiger partial charge in [-0.3, -0.25) is 0 Å². The number of carbonyl (C=O) groups excluding carboxylic acids is 1. The number of carbonyl (C=O) groups is 1. The zero-order valence-corrected chi connectivity index (χ0v) is 9.33. The molecule has 1 aromatic rings. The minimum absolute atomic E-state index is 0.156. The number of benzene rings is 1. The Morgan fingerprint density at radius 1 is 1.53 bits per heavy atom. The molecule has 15 heavy (non-hydrogen) atoms. The van der Waals surface area contributed by atoms with Crippen molar-refractivity contribution in [2.75, 3.05) is 0 Å². The molecule has 0 amide bonds. The summed E-state index contributed by atoms with van der Waals surface area (Å²) in [5.41, 5.74) is 1.09. The third kappa shape index (κ3) is 4.17. The van der Waals surface area contributed by atoms with Crippen molar-refractivity contribution in [1.29, 1.82) is 0 Å². The summed E-state index contributed by atoms with van der Waals surface area (Å²) >= 11 is 5.76. The van der Waals surface area contributed by atoms with E-state index >= 15 is 0 Å². The highest BCUT2D eigenvalue weighted by Gasteiger charge is 2.07. The SMILES string of the molecule is C=CC(=O)OC(C)Cc1ccc(Cl)cc1. The molecule has 1 unspecified atom stereocenters. The molecule has 2 nitrogen and oxygen atoms in total. The number of esters is 1. The van der Waals surface area contributed by atoms with Gasteiger partial charge in [0.15, 0.2) is 0 Å². The second-order valence-corrected chi connectivity index (χ2v) is 3.72. The van der Waals surface area contributed by atoms with Crippen LogP contribution in [0.2, 0.25) is 5.02 Å². The molecule has 0 saturated carbocycles. The molecule has 0 bridgehead atoms. The van der Waals surface area contributed by atoms with Gasteiger partial charge in [0, 0.05) is 17.5 Å². The van der Waals surface area contributed by atoms with E-state index in [0.717, 1.165) is 5.56 Å². The van der Waals surface area contributed by atoms with E-state index in [0.29, 0.717) is 11.4 Å². The van der Waals surface area contributed by atoms with Crippen LogP contribution in [0, 0.1) is 0 Å². The normalized spacial score (nSPS) is 11.9. The first-order chi connectivity index (χ1) is 7.11. The fourth-order valence-corrected chi connectivity index (χ4v) is 1.37. The van der Waals surface area contributed by atoms with Crippen molar-refractivity contribution in [3.8, 4) is 0 Å². The van der Waals surface area contributed by atoms with Crippen LogP contribution in [-0.4, -0.2) is 12.1 Å². The van der Waals surface area contributed by atoms with Crippen LogP contribution >= 0.6 is 11.6 Å². The number of halogens is 1. The molecule has 80 valence electrons. The second kappa shape index (κ2) is 5.56. The molecule has 0 aliphatic rings. The van der Waals surface area contributed by atoms with Gasteiger partial charge in [-0.25, -0.2) is 4.79 Å². The molecule has 0 aliphatic carbocycles. The average molecular weight is 225 g/mol. The monoisotopic (exact) mass is 224 g/mol. The van der Waals surface area contributed by atoms with Gasteiger partial charge in [-0.1, -0.05) is 30.3 Å². The number of rotatable bonds is 4. The summed E-state index contributed by atoms with van der Waals surface area (Å²) in [6, 6.07) is 7.47. The van der Waals surface area contributed by atoms with E-state index in [1.165, 1.54) is 6.08 Å². The molecule has 0 spiro atoms. The Bertz CT molecular complexity index is 343. The molecular weight excluding hydrogens is 212 g/mol. The van der Waals surface area contributed by atoms with Gasteiger partial charge >= 0.3 is 5.97 Å². The van der Waals surface area contributed by atoms with Crippen LogP contribution in [0.15, 0.2) is 36.9 Å². The maximum absolute atomic E-state index is 10.9. The maximum atomic E-state index is 10.9. The predicted octanol–water partition coefficient (Wildman–Crippen LogP) is 3.00. The Hall–Kier alpha value is -1.28. The summed E-state index contributed by atoms with van der Waals surface area (Å²) in [5, 5.41) is 0.703. The van der Waals surface area contributed by atoms with Gasteiger partial charge in [-0.15, -0.1) is 0 Å². The first kappa shape index (κ1) is 11.8.